The zero-order valence-electron chi connectivity index (χ0n) is 20.3. The second-order valence-electron chi connectivity index (χ2n) is 8.55. The topological polar surface area (TPSA) is 143 Å². The van der Waals surface area contributed by atoms with Crippen LogP contribution in [0.2, 0.25) is 5.02 Å². The van der Waals surface area contributed by atoms with Crippen LogP contribution >= 0.6 is 11.6 Å². The Morgan fingerprint density at radius 2 is 1.84 bits per heavy atom. The lowest BCUT2D eigenvalue weighted by Gasteiger charge is -2.35. The predicted molar refractivity (Wildman–Crippen MR) is 142 cm³/mol. The zero-order valence-corrected chi connectivity index (χ0v) is 21.9. The van der Waals surface area contributed by atoms with Gasteiger partial charge in [0.15, 0.2) is 0 Å². The molecule has 200 valence electrons. The first-order valence-electron chi connectivity index (χ1n) is 11.9. The molecule has 0 radical (unpaired) electrons. The van der Waals surface area contributed by atoms with Gasteiger partial charge in [0, 0.05) is 43.8 Å². The van der Waals surface area contributed by atoms with Crippen molar-refractivity contribution in [2.75, 3.05) is 29.9 Å². The van der Waals surface area contributed by atoms with E-state index < -0.39 is 21.9 Å². The Hall–Kier alpha value is -3.74. The van der Waals surface area contributed by atoms with Crippen molar-refractivity contribution >= 4 is 45.1 Å². The molecule has 1 aromatic heterocycles. The molecule has 38 heavy (non-hydrogen) atoms. The van der Waals surface area contributed by atoms with Gasteiger partial charge in [-0.2, -0.15) is 0 Å². The van der Waals surface area contributed by atoms with Crippen LogP contribution in [0.4, 0.5) is 11.6 Å². The first-order valence-corrected chi connectivity index (χ1v) is 13.8. The number of benzene rings is 2. The molecule has 0 spiro atoms. The molecule has 13 heteroatoms. The summed E-state index contributed by atoms with van der Waals surface area (Å²) in [6.45, 7) is 1.52. The van der Waals surface area contributed by atoms with E-state index in [-0.39, 0.29) is 34.5 Å². The van der Waals surface area contributed by atoms with Gasteiger partial charge in [-0.05, 0) is 54.1 Å². The molecule has 0 bridgehead atoms. The average molecular weight is 559 g/mol. The summed E-state index contributed by atoms with van der Waals surface area (Å²) in [5.41, 5.74) is 1.15. The Kier molecular flexibility index (Phi) is 9.10. The standard InChI is InChI=1S/C25H27ClN6O5S/c26-22-16-19(32-15-4-6-18(17-32)30-25-28-12-5-13-29-25)9-10-21(22)24(34)27-14-11-23(33)37-31-38(35,36)20-7-2-1-3-8-20/h1-3,5,7-10,12-13,16,18,31H,4,6,11,14-15,17H2,(H,27,34)(H,28,29,30)/t18-/m0/s1. The van der Waals surface area contributed by atoms with Crippen LogP contribution in [0.3, 0.4) is 0 Å². The molecule has 1 saturated heterocycles. The van der Waals surface area contributed by atoms with Gasteiger partial charge in [-0.3, -0.25) is 9.59 Å². The highest BCUT2D eigenvalue weighted by Gasteiger charge is 2.22. The molecule has 2 heterocycles. The molecular weight excluding hydrogens is 532 g/mol. The monoisotopic (exact) mass is 558 g/mol. The smallest absolute Gasteiger partial charge is 0.327 e. The Morgan fingerprint density at radius 1 is 1.08 bits per heavy atom. The van der Waals surface area contributed by atoms with Gasteiger partial charge >= 0.3 is 5.97 Å². The van der Waals surface area contributed by atoms with E-state index in [1.165, 1.54) is 12.1 Å². The first kappa shape index (κ1) is 27.3. The Balaban J connectivity index is 1.25. The van der Waals surface area contributed by atoms with Gasteiger partial charge in [0.05, 0.1) is 21.9 Å². The van der Waals surface area contributed by atoms with Crippen molar-refractivity contribution < 1.29 is 22.8 Å². The number of piperidine rings is 1. The molecule has 1 fully saturated rings. The fourth-order valence-electron chi connectivity index (χ4n) is 3.94. The van der Waals surface area contributed by atoms with Crippen molar-refractivity contribution in [1.29, 1.82) is 0 Å². The minimum Gasteiger partial charge on any atom is -0.369 e. The molecule has 1 aliphatic heterocycles. The van der Waals surface area contributed by atoms with Gasteiger partial charge in [-0.25, -0.2) is 18.4 Å². The first-order chi connectivity index (χ1) is 18.3. The Labute approximate surface area is 225 Å². The minimum absolute atomic E-state index is 0.0410. The van der Waals surface area contributed by atoms with Crippen LogP contribution in [0.25, 0.3) is 0 Å². The molecule has 1 aliphatic rings. The van der Waals surface area contributed by atoms with E-state index in [1.54, 1.807) is 53.7 Å². The molecule has 1 amide bonds. The van der Waals surface area contributed by atoms with Crippen molar-refractivity contribution in [2.45, 2.75) is 30.2 Å². The largest absolute Gasteiger partial charge is 0.369 e. The fourth-order valence-corrected chi connectivity index (χ4v) is 5.02. The second kappa shape index (κ2) is 12.7. The molecule has 0 saturated carbocycles. The lowest BCUT2D eigenvalue weighted by atomic mass is 10.0. The molecule has 1 atom stereocenters. The second-order valence-corrected chi connectivity index (χ2v) is 10.6. The molecule has 0 aliphatic carbocycles. The van der Waals surface area contributed by atoms with E-state index in [0.717, 1.165) is 31.6 Å². The minimum atomic E-state index is -3.99. The maximum atomic E-state index is 12.6. The van der Waals surface area contributed by atoms with Crippen molar-refractivity contribution in [2.24, 2.45) is 0 Å². The van der Waals surface area contributed by atoms with Crippen LogP contribution in [0, 0.1) is 0 Å². The van der Waals surface area contributed by atoms with Crippen molar-refractivity contribution in [1.82, 2.24) is 20.2 Å². The van der Waals surface area contributed by atoms with Gasteiger partial charge in [0.1, 0.15) is 0 Å². The van der Waals surface area contributed by atoms with Gasteiger partial charge in [-0.15, -0.1) is 0 Å². The van der Waals surface area contributed by atoms with Crippen LogP contribution in [0.5, 0.6) is 0 Å². The number of hydrogen-bond donors (Lipinski definition) is 3. The highest BCUT2D eigenvalue weighted by Crippen LogP contribution is 2.27. The highest BCUT2D eigenvalue weighted by atomic mass is 35.5. The number of rotatable bonds is 10. The van der Waals surface area contributed by atoms with Crippen molar-refractivity contribution in [3.8, 4) is 0 Å². The summed E-state index contributed by atoms with van der Waals surface area (Å²) in [7, 11) is -3.99. The molecule has 0 unspecified atom stereocenters. The maximum Gasteiger partial charge on any atom is 0.327 e. The third-order valence-electron chi connectivity index (χ3n) is 5.82. The molecular formula is C25H27ClN6O5S. The van der Waals surface area contributed by atoms with Gasteiger partial charge in [-0.1, -0.05) is 29.8 Å². The van der Waals surface area contributed by atoms with Gasteiger partial charge in [0.2, 0.25) is 5.95 Å². The van der Waals surface area contributed by atoms with Crippen LogP contribution in [-0.2, 0) is 19.7 Å². The maximum absolute atomic E-state index is 12.6. The third-order valence-corrected chi connectivity index (χ3v) is 7.32. The third kappa shape index (κ3) is 7.40. The summed E-state index contributed by atoms with van der Waals surface area (Å²) in [4.78, 5) is 41.5. The average Bonchev–Trinajstić information content (AvgIpc) is 2.93. The summed E-state index contributed by atoms with van der Waals surface area (Å²) < 4.78 is 24.2. The number of carbonyl (C=O) groups is 2. The summed E-state index contributed by atoms with van der Waals surface area (Å²) >= 11 is 6.42. The molecule has 3 N–H and O–H groups in total. The predicted octanol–water partition coefficient (Wildman–Crippen LogP) is 2.77. The summed E-state index contributed by atoms with van der Waals surface area (Å²) in [6.07, 6.45) is 5.10. The lowest BCUT2D eigenvalue weighted by molar-refractivity contribution is -0.146. The number of carbonyl (C=O) groups excluding carboxylic acids is 2. The van der Waals surface area contributed by atoms with Crippen LogP contribution in [0.1, 0.15) is 29.6 Å². The summed E-state index contributed by atoms with van der Waals surface area (Å²) in [5, 5.41) is 6.22. The van der Waals surface area contributed by atoms with Gasteiger partial charge in [0.25, 0.3) is 15.9 Å². The van der Waals surface area contributed by atoms with E-state index in [2.05, 4.69) is 30.3 Å². The number of anilines is 2. The summed E-state index contributed by atoms with van der Waals surface area (Å²) in [6, 6.07) is 14.6. The van der Waals surface area contributed by atoms with Crippen LogP contribution in [-0.4, -0.2) is 55.9 Å². The van der Waals surface area contributed by atoms with E-state index in [4.69, 9.17) is 11.6 Å². The number of nitrogens with zero attached hydrogens (tertiary/aromatic N) is 3. The molecule has 11 nitrogen and oxygen atoms in total. The summed E-state index contributed by atoms with van der Waals surface area (Å²) in [5.74, 6) is -0.721. The fraction of sp³-hybridized carbons (Fsp3) is 0.280. The van der Waals surface area contributed by atoms with E-state index in [9.17, 15) is 18.0 Å². The van der Waals surface area contributed by atoms with Crippen molar-refractivity contribution in [3.05, 3.63) is 77.6 Å². The zero-order chi connectivity index (χ0) is 27.0. The molecule has 4 rings (SSSR count). The van der Waals surface area contributed by atoms with Gasteiger partial charge < -0.3 is 20.4 Å². The SMILES string of the molecule is O=C(CCNC(=O)c1ccc(N2CCC[C@H](Nc3ncccn3)C2)cc1Cl)ONS(=O)(=O)c1ccccc1. The quantitative estimate of drug-likeness (QED) is 0.320. The normalized spacial score (nSPS) is 15.5. The molecule has 2 aromatic carbocycles. The number of halogens is 1. The number of aromatic nitrogens is 2. The Bertz CT molecular complexity index is 1360. The number of hydrogen-bond acceptors (Lipinski definition) is 9. The highest BCUT2D eigenvalue weighted by molar-refractivity contribution is 7.89. The van der Waals surface area contributed by atoms with E-state index >= 15 is 0 Å². The van der Waals surface area contributed by atoms with E-state index in [1.807, 2.05) is 6.07 Å². The Morgan fingerprint density at radius 3 is 2.58 bits per heavy atom. The molecule has 3 aromatic rings. The van der Waals surface area contributed by atoms with Crippen LogP contribution in [0.15, 0.2) is 71.9 Å². The number of nitrogens with one attached hydrogen (secondary N) is 3. The van der Waals surface area contributed by atoms with Crippen LogP contribution < -0.4 is 20.4 Å². The van der Waals surface area contributed by atoms with E-state index in [0.29, 0.717) is 5.95 Å². The van der Waals surface area contributed by atoms with Crippen molar-refractivity contribution in [3.63, 3.8) is 0 Å². The lowest BCUT2D eigenvalue weighted by Crippen LogP contribution is -2.42. The number of amides is 1. The number of sulfonamides is 1.